The van der Waals surface area contributed by atoms with Gasteiger partial charge in [-0.3, -0.25) is 4.79 Å². The van der Waals surface area contributed by atoms with Gasteiger partial charge in [0.25, 0.3) is 0 Å². The van der Waals surface area contributed by atoms with E-state index in [1.165, 1.54) is 6.07 Å². The van der Waals surface area contributed by atoms with Crippen LogP contribution in [0.2, 0.25) is 0 Å². The van der Waals surface area contributed by atoms with Gasteiger partial charge in [-0.15, -0.1) is 4.68 Å². The van der Waals surface area contributed by atoms with Crippen LogP contribution in [0.15, 0.2) is 36.7 Å². The molecule has 0 bridgehead atoms. The molecule has 0 spiro atoms. The second kappa shape index (κ2) is 8.46. The van der Waals surface area contributed by atoms with Crippen molar-refractivity contribution in [3.05, 3.63) is 59.3 Å². The lowest BCUT2D eigenvalue weighted by molar-refractivity contribution is -0.117. The summed E-state index contributed by atoms with van der Waals surface area (Å²) in [6, 6.07) is 6.44. The van der Waals surface area contributed by atoms with E-state index in [0.29, 0.717) is 22.7 Å². The van der Waals surface area contributed by atoms with E-state index in [-0.39, 0.29) is 17.5 Å². The van der Waals surface area contributed by atoms with Crippen LogP contribution in [0.5, 0.6) is 0 Å². The summed E-state index contributed by atoms with van der Waals surface area (Å²) in [6.07, 6.45) is 4.72. The fourth-order valence-electron chi connectivity index (χ4n) is 3.37. The molecular weight excluding hydrogens is 425 g/mol. The van der Waals surface area contributed by atoms with Crippen molar-refractivity contribution in [2.75, 3.05) is 5.32 Å². The topological polar surface area (TPSA) is 91.0 Å². The van der Waals surface area contributed by atoms with E-state index in [9.17, 15) is 14.0 Å². The molecule has 1 atom stereocenters. The van der Waals surface area contributed by atoms with Crippen molar-refractivity contribution < 1.29 is 18.7 Å². The normalized spacial score (nSPS) is 14.7. The van der Waals surface area contributed by atoms with Gasteiger partial charge in [0.05, 0.1) is 23.5 Å². The third kappa shape index (κ3) is 5.13. The van der Waals surface area contributed by atoms with E-state index >= 15 is 0 Å². The molecule has 1 N–H and O–H groups in total. The van der Waals surface area contributed by atoms with E-state index in [1.54, 1.807) is 69.9 Å². The maximum absolute atomic E-state index is 13.6. The van der Waals surface area contributed by atoms with Crippen LogP contribution in [-0.4, -0.2) is 37.2 Å². The highest BCUT2D eigenvalue weighted by molar-refractivity contribution is 5.96. The fraction of sp³-hybridized carbons (Fsp3) is 0.417. The lowest BCUT2D eigenvalue weighted by Gasteiger charge is -2.20. The number of halogens is 1. The smallest absolute Gasteiger partial charge is 0.437 e. The Kier molecular flexibility index (Phi) is 5.82. The highest BCUT2D eigenvalue weighted by Gasteiger charge is 2.31. The molecular formula is C24H28FN5O3. The average molecular weight is 454 g/mol. The van der Waals surface area contributed by atoms with Gasteiger partial charge >= 0.3 is 6.09 Å². The average Bonchev–Trinajstić information content (AvgIpc) is 3.31. The summed E-state index contributed by atoms with van der Waals surface area (Å²) in [5, 5.41) is 11.5. The molecule has 1 saturated carbocycles. The SMILES string of the molecule is Cc1cc(-n2cc(C(C)C(=O)Nc3cc(C4CC4)nn3C(=O)OC(C)(C)C)cn2)ccc1F. The Labute approximate surface area is 191 Å². The largest absolute Gasteiger partial charge is 0.442 e. The van der Waals surface area contributed by atoms with Crippen LogP contribution in [0, 0.1) is 12.7 Å². The molecule has 0 saturated heterocycles. The van der Waals surface area contributed by atoms with Gasteiger partial charge in [0.15, 0.2) is 0 Å². The van der Waals surface area contributed by atoms with Gasteiger partial charge in [0, 0.05) is 23.7 Å². The summed E-state index contributed by atoms with van der Waals surface area (Å²) in [6.45, 7) is 8.76. The molecule has 1 aromatic carbocycles. The fourth-order valence-corrected chi connectivity index (χ4v) is 3.37. The number of rotatable bonds is 5. The van der Waals surface area contributed by atoms with Gasteiger partial charge in [-0.2, -0.15) is 10.2 Å². The molecule has 33 heavy (non-hydrogen) atoms. The molecule has 2 heterocycles. The zero-order valence-corrected chi connectivity index (χ0v) is 19.4. The third-order valence-corrected chi connectivity index (χ3v) is 5.44. The van der Waals surface area contributed by atoms with Crippen molar-refractivity contribution in [3.8, 4) is 5.69 Å². The summed E-state index contributed by atoms with van der Waals surface area (Å²) in [7, 11) is 0. The second-order valence-corrected chi connectivity index (χ2v) is 9.48. The summed E-state index contributed by atoms with van der Waals surface area (Å²) in [4.78, 5) is 25.7. The number of anilines is 1. The van der Waals surface area contributed by atoms with Crippen molar-refractivity contribution >= 4 is 17.8 Å². The minimum Gasteiger partial charge on any atom is -0.442 e. The number of carbonyl (C=O) groups is 2. The molecule has 1 aliphatic carbocycles. The van der Waals surface area contributed by atoms with E-state index in [4.69, 9.17) is 4.74 Å². The predicted molar refractivity (Wildman–Crippen MR) is 121 cm³/mol. The molecule has 8 nitrogen and oxygen atoms in total. The molecule has 1 amide bonds. The Morgan fingerprint density at radius 1 is 1.24 bits per heavy atom. The second-order valence-electron chi connectivity index (χ2n) is 9.48. The summed E-state index contributed by atoms with van der Waals surface area (Å²) in [5.74, 6) is -0.557. The molecule has 9 heteroatoms. The van der Waals surface area contributed by atoms with Crippen LogP contribution in [0.4, 0.5) is 15.0 Å². The lowest BCUT2D eigenvalue weighted by Crippen LogP contribution is -2.29. The van der Waals surface area contributed by atoms with Crippen LogP contribution >= 0.6 is 0 Å². The van der Waals surface area contributed by atoms with E-state index in [2.05, 4.69) is 15.5 Å². The molecule has 1 unspecified atom stereocenters. The number of benzene rings is 1. The molecule has 1 fully saturated rings. The zero-order valence-electron chi connectivity index (χ0n) is 19.4. The first-order valence-electron chi connectivity index (χ1n) is 11.0. The predicted octanol–water partition coefficient (Wildman–Crippen LogP) is 4.92. The number of aryl methyl sites for hydroxylation is 1. The Bertz CT molecular complexity index is 1200. The van der Waals surface area contributed by atoms with Crippen molar-refractivity contribution in [3.63, 3.8) is 0 Å². The Morgan fingerprint density at radius 2 is 1.97 bits per heavy atom. The Morgan fingerprint density at radius 3 is 2.61 bits per heavy atom. The monoisotopic (exact) mass is 453 g/mol. The van der Waals surface area contributed by atoms with Gasteiger partial charge < -0.3 is 10.1 Å². The van der Waals surface area contributed by atoms with Crippen molar-refractivity contribution in [2.24, 2.45) is 0 Å². The number of ether oxygens (including phenoxy) is 1. The molecule has 0 aliphatic heterocycles. The minimum absolute atomic E-state index is 0.282. The number of nitrogens with zero attached hydrogens (tertiary/aromatic N) is 4. The molecule has 0 radical (unpaired) electrons. The van der Waals surface area contributed by atoms with Crippen molar-refractivity contribution in [1.82, 2.24) is 19.6 Å². The van der Waals surface area contributed by atoms with Gasteiger partial charge in [-0.05, 0) is 71.2 Å². The number of hydrogen-bond donors (Lipinski definition) is 1. The summed E-state index contributed by atoms with van der Waals surface area (Å²) < 4.78 is 21.7. The third-order valence-electron chi connectivity index (χ3n) is 5.44. The zero-order chi connectivity index (χ0) is 23.9. The highest BCUT2D eigenvalue weighted by Crippen LogP contribution is 2.40. The molecule has 174 valence electrons. The molecule has 1 aliphatic rings. The first-order valence-corrected chi connectivity index (χ1v) is 11.0. The maximum Gasteiger partial charge on any atom is 0.437 e. The van der Waals surface area contributed by atoms with Crippen LogP contribution in [-0.2, 0) is 9.53 Å². The van der Waals surface area contributed by atoms with Crippen LogP contribution < -0.4 is 5.32 Å². The van der Waals surface area contributed by atoms with Crippen LogP contribution in [0.3, 0.4) is 0 Å². The van der Waals surface area contributed by atoms with Gasteiger partial charge in [0.2, 0.25) is 5.91 Å². The van der Waals surface area contributed by atoms with Gasteiger partial charge in [0.1, 0.15) is 17.2 Å². The van der Waals surface area contributed by atoms with Crippen molar-refractivity contribution in [1.29, 1.82) is 0 Å². The quantitative estimate of drug-likeness (QED) is 0.592. The Hall–Kier alpha value is -3.49. The van der Waals surface area contributed by atoms with Crippen LogP contribution in [0.25, 0.3) is 5.69 Å². The maximum atomic E-state index is 13.6. The summed E-state index contributed by atoms with van der Waals surface area (Å²) in [5.41, 5.74) is 1.97. The van der Waals surface area contributed by atoms with Gasteiger partial charge in [-0.1, -0.05) is 0 Å². The number of nitrogens with one attached hydrogen (secondary N) is 1. The van der Waals surface area contributed by atoms with Crippen LogP contribution in [0.1, 0.15) is 69.2 Å². The Balaban J connectivity index is 1.53. The number of carbonyl (C=O) groups excluding carboxylic acids is 2. The standard InChI is InChI=1S/C24H28FN5O3/c1-14-10-18(8-9-19(14)25)29-13-17(12-26-29)15(2)22(31)27-21-11-20(16-6-7-16)28-30(21)23(32)33-24(3,4)5/h8-13,15-16H,6-7H2,1-5H3,(H,27,31). The minimum atomic E-state index is -0.690. The van der Waals surface area contributed by atoms with E-state index < -0.39 is 17.6 Å². The lowest BCUT2D eigenvalue weighted by atomic mass is 10.0. The molecule has 2 aromatic heterocycles. The van der Waals surface area contributed by atoms with E-state index in [0.717, 1.165) is 23.2 Å². The first kappa shape index (κ1) is 22.7. The van der Waals surface area contributed by atoms with E-state index in [1.807, 2.05) is 0 Å². The highest BCUT2D eigenvalue weighted by atomic mass is 19.1. The molecule has 3 aromatic rings. The number of hydrogen-bond acceptors (Lipinski definition) is 5. The molecule has 4 rings (SSSR count). The number of amides is 1. The number of aromatic nitrogens is 4. The van der Waals surface area contributed by atoms with Crippen molar-refractivity contribution in [2.45, 2.75) is 64.9 Å². The first-order chi connectivity index (χ1) is 15.5. The summed E-state index contributed by atoms with van der Waals surface area (Å²) >= 11 is 0. The van der Waals surface area contributed by atoms with Gasteiger partial charge in [-0.25, -0.2) is 13.9 Å².